The predicted molar refractivity (Wildman–Crippen MR) is 92.1 cm³/mol. The van der Waals surface area contributed by atoms with Gasteiger partial charge in [-0.2, -0.15) is 18.3 Å². The highest BCUT2D eigenvalue weighted by Gasteiger charge is 2.35. The van der Waals surface area contributed by atoms with Crippen LogP contribution in [0.3, 0.4) is 0 Å². The molecule has 4 rings (SSSR count). The molecule has 0 saturated carbocycles. The van der Waals surface area contributed by atoms with Gasteiger partial charge in [0.2, 0.25) is 0 Å². The zero-order valence-electron chi connectivity index (χ0n) is 12.8. The van der Waals surface area contributed by atoms with Crippen LogP contribution in [0.25, 0.3) is 27.3 Å². The summed E-state index contributed by atoms with van der Waals surface area (Å²) in [5, 5.41) is 3.73. The van der Waals surface area contributed by atoms with E-state index in [0.29, 0.717) is 9.21 Å². The van der Waals surface area contributed by atoms with E-state index in [1.807, 2.05) is 0 Å². The first-order valence-corrected chi connectivity index (χ1v) is 8.50. The molecular weight excluding hydrogens is 390 g/mol. The SMILES string of the molecule is Fc1ccccc1-n1ncc2c(C(F)(F)F)cc(-c3ccc(Cl)s3)nc21. The van der Waals surface area contributed by atoms with Crippen molar-refractivity contribution in [3.05, 3.63) is 64.4 Å². The molecule has 3 heterocycles. The van der Waals surface area contributed by atoms with E-state index in [9.17, 15) is 17.6 Å². The first-order valence-electron chi connectivity index (χ1n) is 7.31. The molecule has 3 aromatic heterocycles. The fourth-order valence-corrected chi connectivity index (χ4v) is 3.62. The molecule has 3 nitrogen and oxygen atoms in total. The molecule has 0 fully saturated rings. The molecule has 0 aliphatic heterocycles. The highest BCUT2D eigenvalue weighted by molar-refractivity contribution is 7.19. The molecule has 0 aliphatic carbocycles. The van der Waals surface area contributed by atoms with Gasteiger partial charge in [0, 0.05) is 0 Å². The molecule has 0 N–H and O–H groups in total. The van der Waals surface area contributed by atoms with E-state index < -0.39 is 17.6 Å². The number of nitrogens with zero attached hydrogens (tertiary/aromatic N) is 3. The molecular formula is C17H8ClF4N3S. The monoisotopic (exact) mass is 397 g/mol. The normalized spacial score (nSPS) is 12.0. The summed E-state index contributed by atoms with van der Waals surface area (Å²) in [4.78, 5) is 4.77. The second-order valence-electron chi connectivity index (χ2n) is 5.40. The average molecular weight is 398 g/mol. The van der Waals surface area contributed by atoms with E-state index in [2.05, 4.69) is 10.1 Å². The number of rotatable bonds is 2. The third-order valence-electron chi connectivity index (χ3n) is 3.75. The van der Waals surface area contributed by atoms with Gasteiger partial charge < -0.3 is 0 Å². The summed E-state index contributed by atoms with van der Waals surface area (Å²) in [6, 6.07) is 9.80. The summed E-state index contributed by atoms with van der Waals surface area (Å²) in [6.45, 7) is 0. The van der Waals surface area contributed by atoms with Crippen LogP contribution in [0.1, 0.15) is 5.56 Å². The van der Waals surface area contributed by atoms with Gasteiger partial charge in [-0.15, -0.1) is 11.3 Å². The highest BCUT2D eigenvalue weighted by Crippen LogP contribution is 2.39. The Morgan fingerprint density at radius 3 is 2.50 bits per heavy atom. The highest BCUT2D eigenvalue weighted by atomic mass is 35.5. The lowest BCUT2D eigenvalue weighted by molar-refractivity contribution is -0.136. The van der Waals surface area contributed by atoms with E-state index in [0.717, 1.165) is 28.3 Å². The van der Waals surface area contributed by atoms with Crippen molar-refractivity contribution in [3.8, 4) is 16.3 Å². The summed E-state index contributed by atoms with van der Waals surface area (Å²) in [5.41, 5.74) is -0.849. The number of benzene rings is 1. The van der Waals surface area contributed by atoms with E-state index in [-0.39, 0.29) is 22.4 Å². The van der Waals surface area contributed by atoms with Crippen LogP contribution in [0.4, 0.5) is 17.6 Å². The van der Waals surface area contributed by atoms with Crippen LogP contribution in [0.2, 0.25) is 4.34 Å². The quantitative estimate of drug-likeness (QED) is 0.391. The summed E-state index contributed by atoms with van der Waals surface area (Å²) >= 11 is 6.99. The Hall–Kier alpha value is -2.45. The largest absolute Gasteiger partial charge is 0.417 e. The van der Waals surface area contributed by atoms with Gasteiger partial charge in [-0.25, -0.2) is 14.1 Å². The molecule has 0 amide bonds. The number of para-hydroxylation sites is 1. The van der Waals surface area contributed by atoms with Crippen molar-refractivity contribution in [1.82, 2.24) is 14.8 Å². The summed E-state index contributed by atoms with van der Waals surface area (Å²) in [7, 11) is 0. The fraction of sp³-hybridized carbons (Fsp3) is 0.0588. The average Bonchev–Trinajstić information content (AvgIpc) is 3.20. The Labute approximate surface area is 153 Å². The second kappa shape index (κ2) is 6.07. The lowest BCUT2D eigenvalue weighted by Gasteiger charge is -2.11. The Morgan fingerprint density at radius 1 is 1.08 bits per heavy atom. The van der Waals surface area contributed by atoms with Crippen molar-refractivity contribution in [2.75, 3.05) is 0 Å². The molecule has 0 bridgehead atoms. The van der Waals surface area contributed by atoms with Gasteiger partial charge in [-0.1, -0.05) is 23.7 Å². The van der Waals surface area contributed by atoms with Crippen molar-refractivity contribution < 1.29 is 17.6 Å². The van der Waals surface area contributed by atoms with Crippen LogP contribution >= 0.6 is 22.9 Å². The summed E-state index contributed by atoms with van der Waals surface area (Å²) < 4.78 is 56.3. The number of hydrogen-bond acceptors (Lipinski definition) is 3. The van der Waals surface area contributed by atoms with Crippen LogP contribution in [0, 0.1) is 5.82 Å². The zero-order chi connectivity index (χ0) is 18.5. The molecule has 26 heavy (non-hydrogen) atoms. The number of aromatic nitrogens is 3. The predicted octanol–water partition coefficient (Wildman–Crippen LogP) is 5.96. The third-order valence-corrected chi connectivity index (χ3v) is 5.01. The van der Waals surface area contributed by atoms with Crippen molar-refractivity contribution in [2.24, 2.45) is 0 Å². The molecule has 4 aromatic rings. The fourth-order valence-electron chi connectivity index (χ4n) is 2.61. The number of fused-ring (bicyclic) bond motifs is 1. The Balaban J connectivity index is 2.04. The van der Waals surface area contributed by atoms with Gasteiger partial charge in [0.05, 0.1) is 32.1 Å². The van der Waals surface area contributed by atoms with Crippen LogP contribution in [-0.4, -0.2) is 14.8 Å². The van der Waals surface area contributed by atoms with Crippen molar-refractivity contribution in [2.45, 2.75) is 6.18 Å². The van der Waals surface area contributed by atoms with Crippen LogP contribution in [-0.2, 0) is 6.18 Å². The number of alkyl halides is 3. The maximum atomic E-state index is 14.1. The maximum absolute atomic E-state index is 14.1. The molecule has 132 valence electrons. The second-order valence-corrected chi connectivity index (χ2v) is 7.12. The van der Waals surface area contributed by atoms with Crippen molar-refractivity contribution >= 4 is 34.0 Å². The molecule has 0 aliphatic rings. The zero-order valence-corrected chi connectivity index (χ0v) is 14.3. The maximum Gasteiger partial charge on any atom is 0.417 e. The van der Waals surface area contributed by atoms with Crippen LogP contribution in [0.15, 0.2) is 48.7 Å². The molecule has 1 aromatic carbocycles. The summed E-state index contributed by atoms with van der Waals surface area (Å²) in [6.07, 6.45) is -3.57. The van der Waals surface area contributed by atoms with Crippen molar-refractivity contribution in [3.63, 3.8) is 0 Å². The van der Waals surface area contributed by atoms with Crippen molar-refractivity contribution in [1.29, 1.82) is 0 Å². The van der Waals surface area contributed by atoms with Gasteiger partial charge >= 0.3 is 6.18 Å². The van der Waals surface area contributed by atoms with E-state index >= 15 is 0 Å². The number of hydrogen-bond donors (Lipinski definition) is 0. The number of halogens is 5. The van der Waals surface area contributed by atoms with Gasteiger partial charge in [0.15, 0.2) is 5.65 Å². The molecule has 0 unspecified atom stereocenters. The van der Waals surface area contributed by atoms with Crippen LogP contribution < -0.4 is 0 Å². The third kappa shape index (κ3) is 2.85. The minimum Gasteiger partial charge on any atom is -0.227 e. The van der Waals surface area contributed by atoms with Gasteiger partial charge in [0.25, 0.3) is 0 Å². The lowest BCUT2D eigenvalue weighted by Crippen LogP contribution is -2.07. The standard InChI is InChI=1S/C17H8ClF4N3S/c18-15-6-5-14(26-15)12-7-10(17(20,21)22)9-8-23-25(16(9)24-12)13-4-2-1-3-11(13)19/h1-8H. The summed E-state index contributed by atoms with van der Waals surface area (Å²) in [5.74, 6) is -0.613. The lowest BCUT2D eigenvalue weighted by atomic mass is 10.1. The van der Waals surface area contributed by atoms with Gasteiger partial charge in [-0.05, 0) is 30.3 Å². The van der Waals surface area contributed by atoms with E-state index in [1.165, 1.54) is 18.2 Å². The van der Waals surface area contributed by atoms with E-state index in [1.54, 1.807) is 18.2 Å². The Kier molecular flexibility index (Phi) is 3.96. The molecule has 9 heteroatoms. The van der Waals surface area contributed by atoms with Crippen LogP contribution in [0.5, 0.6) is 0 Å². The smallest absolute Gasteiger partial charge is 0.227 e. The van der Waals surface area contributed by atoms with E-state index in [4.69, 9.17) is 11.6 Å². The van der Waals surface area contributed by atoms with Gasteiger partial charge in [-0.3, -0.25) is 0 Å². The minimum atomic E-state index is -4.61. The molecule has 0 radical (unpaired) electrons. The first-order chi connectivity index (χ1) is 12.3. The molecule has 0 atom stereocenters. The molecule has 0 spiro atoms. The molecule has 0 saturated heterocycles. The Bertz CT molecular complexity index is 1120. The topological polar surface area (TPSA) is 30.7 Å². The minimum absolute atomic E-state index is 0.0180. The number of thiophene rings is 1. The first kappa shape index (κ1) is 17.0. The van der Waals surface area contributed by atoms with Gasteiger partial charge in [0.1, 0.15) is 11.5 Å². The number of pyridine rings is 1. The Morgan fingerprint density at radius 2 is 1.85 bits per heavy atom.